The monoisotopic (exact) mass is 847 g/mol. The predicted octanol–water partition coefficient (Wildman–Crippen LogP) is 10.2. The first-order valence-electron chi connectivity index (χ1n) is 21.4. The van der Waals surface area contributed by atoms with E-state index in [0.717, 1.165) is 77.3 Å². The third-order valence-corrected chi connectivity index (χ3v) is 13.7. The van der Waals surface area contributed by atoms with Gasteiger partial charge in [-0.1, -0.05) is 36.2 Å². The number of aliphatic hydroxyl groups excluding tert-OH is 2. The summed E-state index contributed by atoms with van der Waals surface area (Å²) < 4.78 is 21.0. The highest BCUT2D eigenvalue weighted by Crippen LogP contribution is 2.62. The normalized spacial score (nSPS) is 23.3. The number of oxime groups is 1. The number of benzene rings is 3. The van der Waals surface area contributed by atoms with Crippen LogP contribution in [-0.2, 0) is 22.6 Å². The van der Waals surface area contributed by atoms with Gasteiger partial charge in [-0.15, -0.1) is 6.58 Å². The summed E-state index contributed by atoms with van der Waals surface area (Å²) in [5.41, 5.74) is 7.22. The zero-order valence-electron chi connectivity index (χ0n) is 35.1. The van der Waals surface area contributed by atoms with E-state index in [9.17, 15) is 20.3 Å². The van der Waals surface area contributed by atoms with E-state index in [1.165, 1.54) is 23.3 Å². The Hall–Kier alpha value is -5.01. The number of aryl methyl sites for hydroxylation is 3. The standard InChI is InChI=1S/C49H57N3O8S/c1-4-26-57-49-46(61-27-21-35-19-22-50-23-20-35)31-44(51-58-32-36-12-14-38(15-13-36)52(55)56)42-29-37(9-5-7-24-53)41(10-6-8-25-54)47(48(42)49)43-30-40(17-18-45(43)60-49)59-39-16-11-33(2)34(3)28-39/h4,11-20,22-23,28-30,37,41,46-48,53-54H,1,5-10,21,24-27,31-32H2,2-3H3/t37-,41+,46-,47+,48+,49+/m0/s1. The summed E-state index contributed by atoms with van der Waals surface area (Å²) in [5.74, 6) is 1.83. The molecule has 2 aliphatic carbocycles. The van der Waals surface area contributed by atoms with Crippen LogP contribution in [-0.4, -0.2) is 62.4 Å². The topological polar surface area (TPSA) is 146 Å². The number of ether oxygens (including phenoxy) is 3. The fraction of sp³-hybridized carbons (Fsp3) is 0.429. The minimum absolute atomic E-state index is 0.0177. The molecule has 0 radical (unpaired) electrons. The van der Waals surface area contributed by atoms with Gasteiger partial charge in [-0.2, -0.15) is 11.8 Å². The maximum absolute atomic E-state index is 11.3. The minimum Gasteiger partial charge on any atom is -0.460 e. The number of pyridine rings is 1. The van der Waals surface area contributed by atoms with E-state index in [0.29, 0.717) is 25.0 Å². The van der Waals surface area contributed by atoms with Crippen molar-refractivity contribution in [3.8, 4) is 17.2 Å². The van der Waals surface area contributed by atoms with Crippen LogP contribution in [0.2, 0.25) is 0 Å². The Bertz CT molecular complexity index is 2180. The molecule has 0 bridgehead atoms. The minimum atomic E-state index is -1.10. The maximum atomic E-state index is 11.3. The maximum Gasteiger partial charge on any atom is 0.269 e. The summed E-state index contributed by atoms with van der Waals surface area (Å²) in [6, 6.07) is 22.7. The molecular formula is C49H57N3O8S. The number of hydrogen-bond acceptors (Lipinski definition) is 11. The average molecular weight is 848 g/mol. The molecule has 2 heterocycles. The number of hydrogen-bond donors (Lipinski definition) is 2. The lowest BCUT2D eigenvalue weighted by atomic mass is 9.56. The summed E-state index contributed by atoms with van der Waals surface area (Å²) in [6.45, 7) is 8.89. The van der Waals surface area contributed by atoms with Crippen LogP contribution >= 0.6 is 11.8 Å². The molecule has 3 aromatic carbocycles. The average Bonchev–Trinajstić information content (AvgIpc) is 3.26. The number of unbranched alkanes of at least 4 members (excludes halogenated alkanes) is 2. The number of fused-ring (bicyclic) bond motifs is 2. The number of thioether (sulfide) groups is 1. The van der Waals surface area contributed by atoms with Crippen molar-refractivity contribution in [2.75, 3.05) is 25.6 Å². The second-order valence-corrected chi connectivity index (χ2v) is 17.6. The van der Waals surface area contributed by atoms with Crippen molar-refractivity contribution in [1.29, 1.82) is 0 Å². The smallest absolute Gasteiger partial charge is 0.269 e. The Kier molecular flexibility index (Phi) is 15.0. The zero-order chi connectivity index (χ0) is 42.8. The van der Waals surface area contributed by atoms with E-state index in [-0.39, 0.29) is 61.0 Å². The van der Waals surface area contributed by atoms with Gasteiger partial charge in [-0.05, 0) is 146 Å². The lowest BCUT2D eigenvalue weighted by Crippen LogP contribution is -2.64. The van der Waals surface area contributed by atoms with Crippen molar-refractivity contribution >= 4 is 23.2 Å². The van der Waals surface area contributed by atoms with Gasteiger partial charge in [0.15, 0.2) is 0 Å². The van der Waals surface area contributed by atoms with E-state index >= 15 is 0 Å². The van der Waals surface area contributed by atoms with Gasteiger partial charge in [0.25, 0.3) is 5.69 Å². The third-order valence-electron chi connectivity index (χ3n) is 12.3. The summed E-state index contributed by atoms with van der Waals surface area (Å²) >= 11 is 1.81. The van der Waals surface area contributed by atoms with Crippen LogP contribution in [0.4, 0.5) is 5.69 Å². The molecule has 0 amide bonds. The van der Waals surface area contributed by atoms with E-state index in [4.69, 9.17) is 24.2 Å². The van der Waals surface area contributed by atoms with Crippen LogP contribution in [0.5, 0.6) is 17.2 Å². The van der Waals surface area contributed by atoms with E-state index < -0.39 is 10.7 Å². The molecule has 3 aliphatic rings. The summed E-state index contributed by atoms with van der Waals surface area (Å²) in [7, 11) is 0. The number of aromatic nitrogens is 1. The summed E-state index contributed by atoms with van der Waals surface area (Å²) in [6.07, 6.45) is 14.0. The second kappa shape index (κ2) is 20.7. The van der Waals surface area contributed by atoms with Gasteiger partial charge in [0, 0.05) is 55.6 Å². The van der Waals surface area contributed by atoms with E-state index in [1.807, 2.05) is 54.5 Å². The largest absolute Gasteiger partial charge is 0.460 e. The number of non-ortho nitro benzene ring substituents is 1. The zero-order valence-corrected chi connectivity index (χ0v) is 35.9. The Morgan fingerprint density at radius 1 is 0.951 bits per heavy atom. The molecular weight excluding hydrogens is 791 g/mol. The van der Waals surface area contributed by atoms with E-state index in [2.05, 4.69) is 49.7 Å². The van der Waals surface area contributed by atoms with Crippen LogP contribution in [0.15, 0.2) is 115 Å². The van der Waals surface area contributed by atoms with Crippen molar-refractivity contribution in [2.24, 2.45) is 22.9 Å². The number of nitro benzene ring substituents is 1. The van der Waals surface area contributed by atoms with Crippen molar-refractivity contribution in [1.82, 2.24) is 4.98 Å². The SMILES string of the molecule is C=CCO[C@@]12Oc3ccc(Oc4ccc(C)c(C)c4)cc3[C@H]3[C@H](CCCCO)[C@@H](CCCCO)C=C(C(=NOCc4ccc([N+](=O)[O-])cc4)C[C@@H]1SCCc1ccncc1)[C@H]32. The Morgan fingerprint density at radius 2 is 1.69 bits per heavy atom. The lowest BCUT2D eigenvalue weighted by Gasteiger charge is -2.58. The van der Waals surface area contributed by atoms with Crippen LogP contribution in [0.3, 0.4) is 0 Å². The predicted molar refractivity (Wildman–Crippen MR) is 239 cm³/mol. The molecule has 0 saturated heterocycles. The number of rotatable bonds is 21. The molecule has 4 aromatic rings. The molecule has 1 fully saturated rings. The molecule has 11 nitrogen and oxygen atoms in total. The molecule has 2 N–H and O–H groups in total. The van der Waals surface area contributed by atoms with E-state index in [1.54, 1.807) is 18.2 Å². The summed E-state index contributed by atoms with van der Waals surface area (Å²) in [4.78, 5) is 21.3. The highest BCUT2D eigenvalue weighted by atomic mass is 32.2. The molecule has 6 atom stereocenters. The van der Waals surface area contributed by atoms with Crippen LogP contribution in [0.1, 0.15) is 78.7 Å². The van der Waals surface area contributed by atoms with Crippen molar-refractivity contribution < 1.29 is 34.2 Å². The van der Waals surface area contributed by atoms with Crippen molar-refractivity contribution in [3.63, 3.8) is 0 Å². The first-order valence-corrected chi connectivity index (χ1v) is 22.5. The molecule has 61 heavy (non-hydrogen) atoms. The highest BCUT2D eigenvalue weighted by Gasteiger charge is 2.64. The first-order chi connectivity index (χ1) is 29.7. The summed E-state index contributed by atoms with van der Waals surface area (Å²) in [5, 5.41) is 35.9. The number of aliphatic hydroxyl groups is 2. The molecule has 7 rings (SSSR count). The van der Waals surface area contributed by atoms with Crippen LogP contribution in [0, 0.1) is 41.7 Å². The fourth-order valence-corrected chi connectivity index (χ4v) is 10.6. The molecule has 12 heteroatoms. The molecule has 0 spiro atoms. The second-order valence-electron chi connectivity index (χ2n) is 16.3. The lowest BCUT2D eigenvalue weighted by molar-refractivity contribution is -0.384. The fourth-order valence-electron chi connectivity index (χ4n) is 9.22. The van der Waals surface area contributed by atoms with Crippen LogP contribution < -0.4 is 9.47 Å². The number of allylic oxidation sites excluding steroid dienone is 1. The molecule has 1 aliphatic heterocycles. The molecule has 322 valence electrons. The highest BCUT2D eigenvalue weighted by molar-refractivity contribution is 8.00. The number of nitrogens with zero attached hydrogens (tertiary/aromatic N) is 3. The number of nitro groups is 1. The third kappa shape index (κ3) is 10.2. The molecule has 0 unspecified atom stereocenters. The van der Waals surface area contributed by atoms with Crippen molar-refractivity contribution in [3.05, 3.63) is 147 Å². The Labute approximate surface area is 363 Å². The Morgan fingerprint density at radius 3 is 2.41 bits per heavy atom. The van der Waals surface area contributed by atoms with Gasteiger partial charge in [0.2, 0.25) is 5.79 Å². The van der Waals surface area contributed by atoms with Gasteiger partial charge < -0.3 is 29.3 Å². The Balaban J connectivity index is 1.35. The van der Waals surface area contributed by atoms with Gasteiger partial charge in [0.05, 0.1) is 28.4 Å². The van der Waals surface area contributed by atoms with Gasteiger partial charge >= 0.3 is 0 Å². The van der Waals surface area contributed by atoms with Gasteiger partial charge in [-0.3, -0.25) is 15.1 Å². The first kappa shape index (κ1) is 44.1. The van der Waals surface area contributed by atoms with Gasteiger partial charge in [-0.25, -0.2) is 0 Å². The van der Waals surface area contributed by atoms with Gasteiger partial charge in [0.1, 0.15) is 23.9 Å². The molecule has 1 saturated carbocycles. The molecule has 1 aromatic heterocycles. The quantitative estimate of drug-likeness (QED) is 0.0360. The van der Waals surface area contributed by atoms with Crippen LogP contribution in [0.25, 0.3) is 0 Å². The van der Waals surface area contributed by atoms with Crippen molar-refractivity contribution in [2.45, 2.75) is 88.8 Å².